The number of rotatable bonds is 6. The highest BCUT2D eigenvalue weighted by molar-refractivity contribution is 5.91. The van der Waals surface area contributed by atoms with E-state index in [0.717, 1.165) is 24.1 Å². The summed E-state index contributed by atoms with van der Waals surface area (Å²) >= 11 is 0. The molecule has 4 rings (SSSR count). The van der Waals surface area contributed by atoms with Gasteiger partial charge in [0.2, 0.25) is 0 Å². The third-order valence-corrected chi connectivity index (χ3v) is 6.33. The number of carbonyl (C=O) groups excluding carboxylic acids is 1. The van der Waals surface area contributed by atoms with E-state index in [0.29, 0.717) is 48.9 Å². The molecule has 1 amide bonds. The number of nitrogens with zero attached hydrogens (tertiary/aromatic N) is 4. The van der Waals surface area contributed by atoms with Crippen molar-refractivity contribution in [2.75, 3.05) is 38.7 Å². The van der Waals surface area contributed by atoms with Crippen molar-refractivity contribution in [3.63, 3.8) is 0 Å². The van der Waals surface area contributed by atoms with Crippen molar-refractivity contribution < 1.29 is 14.3 Å². The molecule has 9 nitrogen and oxygen atoms in total. The van der Waals surface area contributed by atoms with Gasteiger partial charge in [-0.1, -0.05) is 24.3 Å². The summed E-state index contributed by atoms with van der Waals surface area (Å²) in [5.41, 5.74) is 2.91. The third kappa shape index (κ3) is 5.84. The maximum atomic E-state index is 12.8. The topological polar surface area (TPSA) is 98.6 Å². The average molecular weight is 494 g/mol. The van der Waals surface area contributed by atoms with Gasteiger partial charge in [-0.2, -0.15) is 0 Å². The van der Waals surface area contributed by atoms with Gasteiger partial charge in [-0.15, -0.1) is 0 Å². The predicted molar refractivity (Wildman–Crippen MR) is 140 cm³/mol. The van der Waals surface area contributed by atoms with Gasteiger partial charge in [-0.3, -0.25) is 4.79 Å². The minimum atomic E-state index is -0.484. The quantitative estimate of drug-likeness (QED) is 0.515. The molecule has 0 saturated carbocycles. The Morgan fingerprint density at radius 2 is 1.86 bits per heavy atom. The average Bonchev–Trinajstić information content (AvgIpc) is 2.85. The molecule has 1 aromatic carbocycles. The molecule has 0 unspecified atom stereocenters. The number of benzene rings is 1. The minimum absolute atomic E-state index is 0.146. The first kappa shape index (κ1) is 25.6. The van der Waals surface area contributed by atoms with Gasteiger partial charge in [-0.05, 0) is 51.2 Å². The Morgan fingerprint density at radius 3 is 2.50 bits per heavy atom. The summed E-state index contributed by atoms with van der Waals surface area (Å²) in [4.78, 5) is 36.1. The zero-order valence-electron chi connectivity index (χ0n) is 21.7. The fourth-order valence-corrected chi connectivity index (χ4v) is 4.42. The van der Waals surface area contributed by atoms with Crippen LogP contribution in [0.1, 0.15) is 45.1 Å². The Morgan fingerprint density at radius 1 is 1.17 bits per heavy atom. The predicted octanol–water partition coefficient (Wildman–Crippen LogP) is 4.17. The number of aromatic nitrogens is 3. The highest BCUT2D eigenvalue weighted by Gasteiger charge is 2.27. The molecule has 1 aliphatic heterocycles. The van der Waals surface area contributed by atoms with Gasteiger partial charge in [-0.25, -0.2) is 14.8 Å². The van der Waals surface area contributed by atoms with Crippen molar-refractivity contribution in [1.82, 2.24) is 19.4 Å². The Kier molecular flexibility index (Phi) is 7.59. The second kappa shape index (κ2) is 10.7. The van der Waals surface area contributed by atoms with Crippen molar-refractivity contribution in [2.45, 2.75) is 45.1 Å². The molecule has 0 bridgehead atoms. The molecule has 36 heavy (non-hydrogen) atoms. The van der Waals surface area contributed by atoms with E-state index in [1.807, 2.05) is 26.8 Å². The smallest absolute Gasteiger partial charge is 0.410 e. The van der Waals surface area contributed by atoms with E-state index in [1.54, 1.807) is 19.1 Å². The summed E-state index contributed by atoms with van der Waals surface area (Å²) < 4.78 is 12.1. The highest BCUT2D eigenvalue weighted by atomic mass is 16.6. The molecular formula is C27H35N5O4. The second-order valence-corrected chi connectivity index (χ2v) is 10.2. The van der Waals surface area contributed by atoms with E-state index >= 15 is 0 Å². The Labute approximate surface area is 211 Å². The lowest BCUT2D eigenvalue weighted by Crippen LogP contribution is -2.41. The molecule has 1 aliphatic rings. The number of piperidine rings is 1. The van der Waals surface area contributed by atoms with Crippen LogP contribution in [0.3, 0.4) is 0 Å². The number of methoxy groups -OCH3 is 1. The van der Waals surface area contributed by atoms with Crippen molar-refractivity contribution in [2.24, 2.45) is 7.05 Å². The zero-order valence-corrected chi connectivity index (χ0v) is 21.7. The van der Waals surface area contributed by atoms with Gasteiger partial charge < -0.3 is 24.3 Å². The summed E-state index contributed by atoms with van der Waals surface area (Å²) in [5, 5.41) is 3.69. The van der Waals surface area contributed by atoms with Gasteiger partial charge in [0.25, 0.3) is 5.56 Å². The standard InChI is InChI=1S/C27H35N5O4/c1-27(2,3)36-26(34)32-13-10-19(11-14-32)18-6-8-20(9-7-18)21-16-22-23(25(33)31(4)17-29-22)24(30-21)28-12-15-35-5/h6-9,16-17,19H,10-15H2,1-5H3,(H,28,30). The van der Waals surface area contributed by atoms with Gasteiger partial charge in [0.15, 0.2) is 0 Å². The Hall–Kier alpha value is -3.46. The number of hydrogen-bond donors (Lipinski definition) is 1. The van der Waals surface area contributed by atoms with Crippen molar-refractivity contribution in [3.05, 3.63) is 52.6 Å². The van der Waals surface area contributed by atoms with Gasteiger partial charge in [0, 0.05) is 39.4 Å². The lowest BCUT2D eigenvalue weighted by Gasteiger charge is -2.33. The van der Waals surface area contributed by atoms with Crippen LogP contribution in [0.15, 0.2) is 41.5 Å². The molecule has 1 saturated heterocycles. The molecule has 192 valence electrons. The fraction of sp³-hybridized carbons (Fsp3) is 0.481. The van der Waals surface area contributed by atoms with Crippen LogP contribution in [0, 0.1) is 0 Å². The number of ether oxygens (including phenoxy) is 2. The molecule has 3 aromatic rings. The van der Waals surface area contributed by atoms with E-state index < -0.39 is 5.60 Å². The van der Waals surface area contributed by atoms with E-state index in [1.165, 1.54) is 16.5 Å². The lowest BCUT2D eigenvalue weighted by molar-refractivity contribution is 0.0205. The summed E-state index contributed by atoms with van der Waals surface area (Å²) in [6.45, 7) is 8.06. The molecule has 1 fully saturated rings. The monoisotopic (exact) mass is 493 g/mol. The number of carbonyl (C=O) groups is 1. The molecule has 1 N–H and O–H groups in total. The first-order chi connectivity index (χ1) is 17.2. The summed E-state index contributed by atoms with van der Waals surface area (Å²) in [6, 6.07) is 10.2. The highest BCUT2D eigenvalue weighted by Crippen LogP contribution is 2.31. The number of amides is 1. The number of likely N-dealkylation sites (tertiary alicyclic amines) is 1. The lowest BCUT2D eigenvalue weighted by atomic mass is 9.89. The molecule has 0 radical (unpaired) electrons. The van der Waals surface area contributed by atoms with Crippen LogP contribution in [0.5, 0.6) is 0 Å². The van der Waals surface area contributed by atoms with Crippen LogP contribution in [0.4, 0.5) is 10.6 Å². The van der Waals surface area contributed by atoms with Crippen molar-refractivity contribution >= 4 is 22.8 Å². The third-order valence-electron chi connectivity index (χ3n) is 6.33. The van der Waals surface area contributed by atoms with Crippen LogP contribution in [0.2, 0.25) is 0 Å². The Balaban J connectivity index is 1.52. The SMILES string of the molecule is COCCNc1nc(-c2ccc(C3CCN(C(=O)OC(C)(C)C)CC3)cc2)cc2ncn(C)c(=O)c12. The van der Waals surface area contributed by atoms with Gasteiger partial charge in [0.1, 0.15) is 16.8 Å². The minimum Gasteiger partial charge on any atom is -0.444 e. The summed E-state index contributed by atoms with van der Waals surface area (Å²) in [7, 11) is 3.31. The first-order valence-corrected chi connectivity index (χ1v) is 12.3. The molecule has 2 aromatic heterocycles. The number of pyridine rings is 1. The fourth-order valence-electron chi connectivity index (χ4n) is 4.42. The van der Waals surface area contributed by atoms with Crippen LogP contribution in [-0.2, 0) is 16.5 Å². The summed E-state index contributed by atoms with van der Waals surface area (Å²) in [6.07, 6.45) is 3.08. The van der Waals surface area contributed by atoms with E-state index in [9.17, 15) is 9.59 Å². The van der Waals surface area contributed by atoms with Crippen LogP contribution >= 0.6 is 0 Å². The zero-order chi connectivity index (χ0) is 25.9. The summed E-state index contributed by atoms with van der Waals surface area (Å²) in [5.74, 6) is 0.894. The van der Waals surface area contributed by atoms with Crippen LogP contribution in [-0.4, -0.2) is 64.5 Å². The van der Waals surface area contributed by atoms with E-state index in [2.05, 4.69) is 34.6 Å². The van der Waals surface area contributed by atoms with Gasteiger partial charge >= 0.3 is 6.09 Å². The Bertz CT molecular complexity index is 1270. The molecular weight excluding hydrogens is 458 g/mol. The molecule has 3 heterocycles. The van der Waals surface area contributed by atoms with Gasteiger partial charge in [0.05, 0.1) is 24.1 Å². The molecule has 0 spiro atoms. The normalized spacial score (nSPS) is 14.8. The number of anilines is 1. The number of hydrogen-bond acceptors (Lipinski definition) is 7. The first-order valence-electron chi connectivity index (χ1n) is 12.3. The van der Waals surface area contributed by atoms with E-state index in [-0.39, 0.29) is 11.7 Å². The number of nitrogens with one attached hydrogen (secondary N) is 1. The maximum Gasteiger partial charge on any atom is 0.410 e. The van der Waals surface area contributed by atoms with Crippen LogP contribution < -0.4 is 10.9 Å². The maximum absolute atomic E-state index is 12.8. The molecule has 0 atom stereocenters. The van der Waals surface area contributed by atoms with Crippen molar-refractivity contribution in [3.8, 4) is 11.3 Å². The van der Waals surface area contributed by atoms with E-state index in [4.69, 9.17) is 14.5 Å². The molecule has 9 heteroatoms. The molecule has 0 aliphatic carbocycles. The number of aryl methyl sites for hydroxylation is 1. The largest absolute Gasteiger partial charge is 0.444 e. The van der Waals surface area contributed by atoms with Crippen LogP contribution in [0.25, 0.3) is 22.2 Å². The van der Waals surface area contributed by atoms with Crippen molar-refractivity contribution in [1.29, 1.82) is 0 Å². The number of fused-ring (bicyclic) bond motifs is 1. The second-order valence-electron chi connectivity index (χ2n) is 10.2.